The van der Waals surface area contributed by atoms with Crippen LogP contribution in [0.4, 0.5) is 0 Å². The molecule has 0 aromatic carbocycles. The Hall–Kier alpha value is 1.01. The molecule has 42 valence electrons. The minimum absolute atomic E-state index is 0. The molecule has 0 aromatic rings. The number of carboxylic acid groups (broad SMARTS) is 1. The van der Waals surface area contributed by atoms with E-state index in [1.54, 1.807) is 0 Å². The topological polar surface area (TPSA) is 54.4 Å². The molecule has 0 aliphatic rings. The van der Waals surface area contributed by atoms with Crippen molar-refractivity contribution in [3.8, 4) is 0 Å². The second kappa shape index (κ2) is 15.7. The molecular weight excluding hydrogens is 401 g/mol. The van der Waals surface area contributed by atoms with Crippen LogP contribution in [0.3, 0.4) is 0 Å². The fraction of sp³-hybridized carbons (Fsp3) is 0.500. The van der Waals surface area contributed by atoms with Crippen LogP contribution in [0.5, 0.6) is 0 Å². The molecule has 0 fully saturated rings. The van der Waals surface area contributed by atoms with Crippen LogP contribution in [0, 0.1) is 0 Å². The summed E-state index contributed by atoms with van der Waals surface area (Å²) in [5.74, 6) is -0.833. The van der Waals surface area contributed by atoms with Gasteiger partial charge in [0, 0.05) is 6.92 Å². The van der Waals surface area contributed by atoms with Gasteiger partial charge in [0.1, 0.15) is 0 Å². The van der Waals surface area contributed by atoms with Gasteiger partial charge in [-0.1, -0.05) is 0 Å². The van der Waals surface area contributed by atoms with Crippen molar-refractivity contribution in [1.82, 2.24) is 0 Å². The van der Waals surface area contributed by atoms with Crippen LogP contribution in [0.15, 0.2) is 0 Å². The molecule has 0 amide bonds. The zero-order valence-electron chi connectivity index (χ0n) is 3.97. The van der Waals surface area contributed by atoms with E-state index in [9.17, 15) is 0 Å². The third-order valence-corrected chi connectivity index (χ3v) is 0. The second-order valence-electron chi connectivity index (χ2n) is 0.519. The normalized spacial score (nSPS) is 4.14. The molecule has 0 aliphatic carbocycles. The van der Waals surface area contributed by atoms with Crippen molar-refractivity contribution in [3.63, 3.8) is 0 Å². The molecule has 0 saturated carbocycles. The number of aliphatic carboxylic acids is 1. The standard InChI is InChI=1S/C2H4O2.O.Pb.Sb.3H/c1-2(3)4;;;;;;/h1H3,(H,3,4);;;;;;. The molecule has 0 aliphatic heterocycles. The average molecular weight is 408 g/mol. The summed E-state index contributed by atoms with van der Waals surface area (Å²) in [6, 6.07) is 0. The molecule has 0 spiro atoms. The summed E-state index contributed by atoms with van der Waals surface area (Å²) in [5, 5.41) is 7.42. The maximum atomic E-state index is 9.00. The van der Waals surface area contributed by atoms with Gasteiger partial charge in [0.25, 0.3) is 5.97 Å². The van der Waals surface area contributed by atoms with Crippen molar-refractivity contribution in [2.45, 2.75) is 6.92 Å². The first kappa shape index (κ1) is 15.7. The van der Waals surface area contributed by atoms with Crippen molar-refractivity contribution in [1.29, 1.82) is 0 Å². The average Bonchev–Trinajstić information content (AvgIpc) is 1.41. The second-order valence-corrected chi connectivity index (χ2v) is 0.519. The Morgan fingerprint density at radius 2 is 1.57 bits per heavy atom. The van der Waals surface area contributed by atoms with Crippen molar-refractivity contribution < 1.29 is 12.6 Å². The molecular formula is C2H7O3PbSb. The molecule has 0 unspecified atom stereocenters. The van der Waals surface area contributed by atoms with Gasteiger partial charge in [-0.25, -0.2) is 0 Å². The Morgan fingerprint density at radius 1 is 1.57 bits per heavy atom. The Morgan fingerprint density at radius 3 is 1.57 bits per heavy atom. The van der Waals surface area contributed by atoms with Crippen molar-refractivity contribution in [3.05, 3.63) is 0 Å². The number of carbonyl (C=O) groups is 1. The summed E-state index contributed by atoms with van der Waals surface area (Å²) < 4.78 is 8.39. The third-order valence-electron chi connectivity index (χ3n) is 0. The van der Waals surface area contributed by atoms with E-state index in [2.05, 4.69) is 0 Å². The summed E-state index contributed by atoms with van der Waals surface area (Å²) >= 11 is 0.0556. The predicted octanol–water partition coefficient (Wildman–Crippen LogP) is -1.59. The SMILES string of the molecule is CC(=O)O.[O]=[Pb].[SbH3]. The van der Waals surface area contributed by atoms with Gasteiger partial charge >= 0.3 is 52.9 Å². The summed E-state index contributed by atoms with van der Waals surface area (Å²) in [5.41, 5.74) is 0. The van der Waals surface area contributed by atoms with E-state index >= 15 is 0 Å². The number of hydrogen-bond donors (Lipinski definition) is 1. The Kier molecular flexibility index (Phi) is 35.3. The Balaban J connectivity index is -0.0000000480. The molecule has 2 radical (unpaired) electrons. The molecule has 0 heterocycles. The third kappa shape index (κ3) is 172. The van der Waals surface area contributed by atoms with Gasteiger partial charge in [-0.05, 0) is 0 Å². The fourth-order valence-electron chi connectivity index (χ4n) is 0. The Bertz CT molecular complexity index is 44.2. The van der Waals surface area contributed by atoms with Crippen LogP contribution in [-0.4, -0.2) is 61.3 Å². The monoisotopic (exact) mass is 408 g/mol. The van der Waals surface area contributed by atoms with Crippen LogP contribution in [0.1, 0.15) is 6.92 Å². The van der Waals surface area contributed by atoms with E-state index < -0.39 is 5.97 Å². The molecule has 3 nitrogen and oxygen atoms in total. The summed E-state index contributed by atoms with van der Waals surface area (Å²) in [6.45, 7) is 1.08. The predicted molar refractivity (Wildman–Crippen MR) is 29.7 cm³/mol. The molecule has 7 heavy (non-hydrogen) atoms. The quantitative estimate of drug-likeness (QED) is 0.492. The van der Waals surface area contributed by atoms with E-state index in [1.807, 2.05) is 0 Å². The van der Waals surface area contributed by atoms with Gasteiger partial charge in [0.05, 0.1) is 0 Å². The molecule has 0 atom stereocenters. The Labute approximate surface area is 75.1 Å². The first-order chi connectivity index (χ1) is 2.73. The van der Waals surface area contributed by atoms with Crippen LogP contribution < -0.4 is 0 Å². The number of hydrogen-bond acceptors (Lipinski definition) is 2. The van der Waals surface area contributed by atoms with Gasteiger partial charge in [0.2, 0.25) is 0 Å². The van der Waals surface area contributed by atoms with Crippen molar-refractivity contribution in [2.75, 3.05) is 0 Å². The summed E-state index contributed by atoms with van der Waals surface area (Å²) in [7, 11) is 0. The first-order valence-electron chi connectivity index (χ1n) is 1.13. The van der Waals surface area contributed by atoms with E-state index in [-0.39, 0.29) is 50.2 Å². The molecule has 0 rings (SSSR count). The van der Waals surface area contributed by atoms with Gasteiger partial charge in [0.15, 0.2) is 0 Å². The van der Waals surface area contributed by atoms with Gasteiger partial charge in [-0.2, -0.15) is 0 Å². The summed E-state index contributed by atoms with van der Waals surface area (Å²) in [6.07, 6.45) is 0. The van der Waals surface area contributed by atoms with Crippen LogP contribution in [0.2, 0.25) is 0 Å². The van der Waals surface area contributed by atoms with Crippen LogP contribution in [0.25, 0.3) is 0 Å². The molecule has 0 aromatic heterocycles. The zero-order chi connectivity index (χ0) is 5.58. The maximum absolute atomic E-state index is 9.00. The number of rotatable bonds is 0. The molecule has 0 bridgehead atoms. The van der Waals surface area contributed by atoms with Gasteiger partial charge in [-0.15, -0.1) is 0 Å². The van der Waals surface area contributed by atoms with E-state index in [1.165, 1.54) is 0 Å². The van der Waals surface area contributed by atoms with Crippen molar-refractivity contribution in [2.24, 2.45) is 0 Å². The molecule has 0 saturated heterocycles. The minimum atomic E-state index is -0.833. The number of carboxylic acids is 1. The van der Waals surface area contributed by atoms with Gasteiger partial charge in [-0.3, -0.25) is 4.79 Å². The van der Waals surface area contributed by atoms with E-state index in [0.29, 0.717) is 0 Å². The molecule has 1 N–H and O–H groups in total. The van der Waals surface area contributed by atoms with E-state index in [0.717, 1.165) is 6.92 Å². The first-order valence-corrected chi connectivity index (χ1v) is 2.72. The van der Waals surface area contributed by atoms with Crippen molar-refractivity contribution >= 4 is 56.2 Å². The van der Waals surface area contributed by atoms with Gasteiger partial charge < -0.3 is 5.11 Å². The van der Waals surface area contributed by atoms with Crippen LogP contribution >= 0.6 is 0 Å². The zero-order valence-corrected chi connectivity index (χ0v) is 11.9. The summed E-state index contributed by atoms with van der Waals surface area (Å²) in [4.78, 5) is 9.00. The molecule has 5 heteroatoms. The van der Waals surface area contributed by atoms with E-state index in [4.69, 9.17) is 12.6 Å². The fourth-order valence-corrected chi connectivity index (χ4v) is 0. The van der Waals surface area contributed by atoms with Crippen LogP contribution in [-0.2, 0) is 7.48 Å².